The first-order valence-electron chi connectivity index (χ1n) is 5.76. The molecule has 1 fully saturated rings. The largest absolute Gasteiger partial charge is 0.419 e. The highest BCUT2D eigenvalue weighted by molar-refractivity contribution is 5.36. The first-order valence-corrected chi connectivity index (χ1v) is 5.76. The Kier molecular flexibility index (Phi) is 2.93. The Labute approximate surface area is 103 Å². The number of benzene rings is 1. The normalized spacial score (nSPS) is 26.2. The van der Waals surface area contributed by atoms with Crippen LogP contribution < -0.4 is 5.73 Å². The van der Waals surface area contributed by atoms with Crippen molar-refractivity contribution in [3.63, 3.8) is 0 Å². The third kappa shape index (κ3) is 2.00. The van der Waals surface area contributed by atoms with Crippen LogP contribution in [0.3, 0.4) is 0 Å². The molecule has 0 aromatic heterocycles. The van der Waals surface area contributed by atoms with Gasteiger partial charge in [-0.1, -0.05) is 19.9 Å². The summed E-state index contributed by atoms with van der Waals surface area (Å²) < 4.78 is 51.0. The van der Waals surface area contributed by atoms with E-state index in [9.17, 15) is 17.6 Å². The molecule has 0 aliphatic heterocycles. The zero-order valence-electron chi connectivity index (χ0n) is 10.2. The van der Waals surface area contributed by atoms with Gasteiger partial charge in [-0.15, -0.1) is 0 Å². The molecule has 0 radical (unpaired) electrons. The zero-order valence-corrected chi connectivity index (χ0v) is 10.2. The molecule has 1 saturated carbocycles. The van der Waals surface area contributed by atoms with Gasteiger partial charge in [-0.2, -0.15) is 13.2 Å². The molecule has 0 amide bonds. The van der Waals surface area contributed by atoms with E-state index < -0.39 is 17.6 Å². The molecule has 1 nitrogen and oxygen atoms in total. The summed E-state index contributed by atoms with van der Waals surface area (Å²) in [6.45, 7) is 4.36. The van der Waals surface area contributed by atoms with E-state index in [2.05, 4.69) is 0 Å². The molecule has 1 aromatic rings. The van der Waals surface area contributed by atoms with Gasteiger partial charge in [0.15, 0.2) is 0 Å². The van der Waals surface area contributed by atoms with Crippen LogP contribution in [-0.4, -0.2) is 6.54 Å². The number of nitrogens with two attached hydrogens (primary N) is 1. The molecular formula is C13H15F4N. The molecule has 2 rings (SSSR count). The molecule has 0 unspecified atom stereocenters. The lowest BCUT2D eigenvalue weighted by Gasteiger charge is -2.10. The molecule has 2 N–H and O–H groups in total. The SMILES string of the molecule is CC1(C)[C@@H](CN)[C@@H]1c1ccc(F)c(C(F)(F)F)c1. The van der Waals surface area contributed by atoms with Crippen LogP contribution in [0, 0.1) is 17.2 Å². The van der Waals surface area contributed by atoms with Crippen LogP contribution in [0.15, 0.2) is 18.2 Å². The first kappa shape index (κ1) is 13.3. The fourth-order valence-electron chi connectivity index (χ4n) is 2.80. The van der Waals surface area contributed by atoms with Crippen LogP contribution in [0.25, 0.3) is 0 Å². The van der Waals surface area contributed by atoms with Gasteiger partial charge >= 0.3 is 6.18 Å². The highest BCUT2D eigenvalue weighted by Gasteiger charge is 2.57. The van der Waals surface area contributed by atoms with Crippen molar-refractivity contribution >= 4 is 0 Å². The Morgan fingerprint density at radius 1 is 1.28 bits per heavy atom. The van der Waals surface area contributed by atoms with Crippen LogP contribution in [0.2, 0.25) is 0 Å². The summed E-state index contributed by atoms with van der Waals surface area (Å²) in [6.07, 6.45) is -4.66. The van der Waals surface area contributed by atoms with Gasteiger partial charge in [-0.05, 0) is 41.5 Å². The van der Waals surface area contributed by atoms with Gasteiger partial charge in [0.1, 0.15) is 5.82 Å². The minimum atomic E-state index is -4.66. The lowest BCUT2D eigenvalue weighted by atomic mass is 10.0. The van der Waals surface area contributed by atoms with Gasteiger partial charge in [-0.3, -0.25) is 0 Å². The van der Waals surface area contributed by atoms with Crippen LogP contribution in [0.5, 0.6) is 0 Å². The van der Waals surface area contributed by atoms with Crippen molar-refractivity contribution in [1.29, 1.82) is 0 Å². The summed E-state index contributed by atoms with van der Waals surface area (Å²) >= 11 is 0. The number of rotatable bonds is 2. The van der Waals surface area contributed by atoms with E-state index >= 15 is 0 Å². The predicted octanol–water partition coefficient (Wildman–Crippen LogP) is 3.54. The molecule has 0 saturated heterocycles. The molecule has 100 valence electrons. The summed E-state index contributed by atoms with van der Waals surface area (Å²) in [6, 6.07) is 3.23. The van der Waals surface area contributed by atoms with Crippen molar-refractivity contribution < 1.29 is 17.6 Å². The lowest BCUT2D eigenvalue weighted by molar-refractivity contribution is -0.140. The summed E-state index contributed by atoms with van der Waals surface area (Å²) in [7, 11) is 0. The number of alkyl halides is 3. The van der Waals surface area contributed by atoms with Crippen molar-refractivity contribution in [3.05, 3.63) is 35.1 Å². The number of halogens is 4. The average molecular weight is 261 g/mol. The molecule has 1 aliphatic rings. The van der Waals surface area contributed by atoms with Gasteiger partial charge in [-0.25, -0.2) is 4.39 Å². The Hall–Kier alpha value is -1.10. The quantitative estimate of drug-likeness (QED) is 0.809. The smallest absolute Gasteiger partial charge is 0.330 e. The number of hydrogen-bond acceptors (Lipinski definition) is 1. The van der Waals surface area contributed by atoms with Gasteiger partial charge < -0.3 is 5.73 Å². The van der Waals surface area contributed by atoms with Crippen molar-refractivity contribution in [1.82, 2.24) is 0 Å². The van der Waals surface area contributed by atoms with Crippen molar-refractivity contribution in [2.45, 2.75) is 25.9 Å². The lowest BCUT2D eigenvalue weighted by Crippen LogP contribution is -2.09. The van der Waals surface area contributed by atoms with Crippen LogP contribution in [-0.2, 0) is 6.18 Å². The summed E-state index contributed by atoms with van der Waals surface area (Å²) in [5.74, 6) is -1.10. The second kappa shape index (κ2) is 3.95. The molecule has 1 aromatic carbocycles. The zero-order chi connectivity index (χ0) is 13.7. The van der Waals surface area contributed by atoms with Crippen molar-refractivity contribution in [2.75, 3.05) is 6.54 Å². The molecule has 5 heteroatoms. The minimum absolute atomic E-state index is 0.0239. The minimum Gasteiger partial charge on any atom is -0.330 e. The highest BCUT2D eigenvalue weighted by atomic mass is 19.4. The fraction of sp³-hybridized carbons (Fsp3) is 0.538. The van der Waals surface area contributed by atoms with Crippen molar-refractivity contribution in [3.8, 4) is 0 Å². The third-order valence-corrected chi connectivity index (χ3v) is 3.96. The highest BCUT2D eigenvalue weighted by Crippen LogP contribution is 2.64. The number of hydrogen-bond donors (Lipinski definition) is 1. The molecule has 0 spiro atoms. The van der Waals surface area contributed by atoms with E-state index in [1.54, 1.807) is 0 Å². The first-order chi connectivity index (χ1) is 8.19. The summed E-state index contributed by atoms with van der Waals surface area (Å²) in [4.78, 5) is 0. The standard InChI is InChI=1S/C13H15F4N/c1-12(2)9(6-18)11(12)7-3-4-10(14)8(5-7)13(15,16)17/h3-5,9,11H,6,18H2,1-2H3/t9-,11-/m0/s1. The molecule has 1 aliphatic carbocycles. The Morgan fingerprint density at radius 3 is 2.33 bits per heavy atom. The summed E-state index contributed by atoms with van der Waals surface area (Å²) in [5.41, 5.74) is 4.80. The van der Waals surface area contributed by atoms with E-state index in [0.29, 0.717) is 12.1 Å². The summed E-state index contributed by atoms with van der Waals surface area (Å²) in [5, 5.41) is 0. The van der Waals surface area contributed by atoms with E-state index in [-0.39, 0.29) is 17.3 Å². The molecule has 2 atom stereocenters. The maximum Gasteiger partial charge on any atom is 0.419 e. The van der Waals surface area contributed by atoms with Crippen LogP contribution in [0.1, 0.15) is 30.9 Å². The average Bonchev–Trinajstić information content (AvgIpc) is 2.79. The fourth-order valence-corrected chi connectivity index (χ4v) is 2.80. The Bertz CT molecular complexity index is 465. The maximum atomic E-state index is 13.2. The van der Waals surface area contributed by atoms with Gasteiger partial charge in [0, 0.05) is 0 Å². The molecular weight excluding hydrogens is 246 g/mol. The van der Waals surface area contributed by atoms with E-state index in [0.717, 1.165) is 12.1 Å². The maximum absolute atomic E-state index is 13.2. The molecule has 0 bridgehead atoms. The van der Waals surface area contributed by atoms with E-state index in [4.69, 9.17) is 5.73 Å². The Morgan fingerprint density at radius 2 is 1.89 bits per heavy atom. The van der Waals surface area contributed by atoms with E-state index in [1.807, 2.05) is 13.8 Å². The molecule has 0 heterocycles. The van der Waals surface area contributed by atoms with Crippen LogP contribution in [0.4, 0.5) is 17.6 Å². The molecule has 18 heavy (non-hydrogen) atoms. The predicted molar refractivity (Wildman–Crippen MR) is 60.5 cm³/mol. The third-order valence-electron chi connectivity index (χ3n) is 3.96. The monoisotopic (exact) mass is 261 g/mol. The van der Waals surface area contributed by atoms with Gasteiger partial charge in [0.2, 0.25) is 0 Å². The second-order valence-corrected chi connectivity index (χ2v) is 5.38. The Balaban J connectivity index is 2.38. The van der Waals surface area contributed by atoms with Gasteiger partial charge in [0.05, 0.1) is 5.56 Å². The van der Waals surface area contributed by atoms with E-state index in [1.165, 1.54) is 6.07 Å². The van der Waals surface area contributed by atoms with Crippen molar-refractivity contribution in [2.24, 2.45) is 17.1 Å². The second-order valence-electron chi connectivity index (χ2n) is 5.38. The van der Waals surface area contributed by atoms with Gasteiger partial charge in [0.25, 0.3) is 0 Å². The topological polar surface area (TPSA) is 26.0 Å². The van der Waals surface area contributed by atoms with Crippen LogP contribution >= 0.6 is 0 Å².